The van der Waals surface area contributed by atoms with Crippen molar-refractivity contribution in [1.29, 1.82) is 0 Å². The molecule has 0 unspecified atom stereocenters. The molecule has 15 heavy (non-hydrogen) atoms. The summed E-state index contributed by atoms with van der Waals surface area (Å²) in [5, 5.41) is 0. The van der Waals surface area contributed by atoms with Crippen molar-refractivity contribution in [3.05, 3.63) is 0 Å². The normalized spacial score (nSPS) is 38.4. The van der Waals surface area contributed by atoms with E-state index in [1.807, 2.05) is 0 Å². The maximum atomic E-state index is 5.90. The molecule has 0 aromatic rings. The zero-order chi connectivity index (χ0) is 11.2. The molecule has 1 saturated heterocycles. The van der Waals surface area contributed by atoms with Gasteiger partial charge in [0.25, 0.3) is 0 Å². The lowest BCUT2D eigenvalue weighted by molar-refractivity contribution is -0.222. The molecule has 3 heteroatoms. The van der Waals surface area contributed by atoms with E-state index in [0.29, 0.717) is 6.54 Å². The summed E-state index contributed by atoms with van der Waals surface area (Å²) in [6.07, 6.45) is 3.10. The van der Waals surface area contributed by atoms with Gasteiger partial charge >= 0.3 is 0 Å². The minimum absolute atomic E-state index is 0.159. The number of nitrogens with two attached hydrogens (primary N) is 1. The van der Waals surface area contributed by atoms with Crippen LogP contribution in [-0.4, -0.2) is 25.5 Å². The molecule has 0 aromatic carbocycles. The second-order valence-corrected chi connectivity index (χ2v) is 6.32. The van der Waals surface area contributed by atoms with Crippen molar-refractivity contribution in [2.75, 3.05) is 19.8 Å². The van der Waals surface area contributed by atoms with Crippen LogP contribution in [0.15, 0.2) is 0 Å². The molecule has 1 aliphatic carbocycles. The van der Waals surface area contributed by atoms with Gasteiger partial charge in [0.2, 0.25) is 0 Å². The quantitative estimate of drug-likeness (QED) is 0.723. The summed E-state index contributed by atoms with van der Waals surface area (Å²) in [4.78, 5) is 0. The fraction of sp³-hybridized carbons (Fsp3) is 1.00. The van der Waals surface area contributed by atoms with Crippen LogP contribution in [-0.2, 0) is 9.47 Å². The topological polar surface area (TPSA) is 44.5 Å². The highest BCUT2D eigenvalue weighted by molar-refractivity contribution is 4.97. The number of hydrogen-bond acceptors (Lipinski definition) is 3. The van der Waals surface area contributed by atoms with Crippen LogP contribution in [0.4, 0.5) is 0 Å². The zero-order valence-corrected chi connectivity index (χ0v) is 10.1. The molecule has 0 amide bonds. The smallest absolute Gasteiger partial charge is 0.169 e. The molecule has 2 fully saturated rings. The van der Waals surface area contributed by atoms with Crippen LogP contribution in [0.1, 0.15) is 40.0 Å². The molecule has 1 spiro atoms. The molecule has 1 saturated carbocycles. The standard InChI is InChI=1S/C12H23NO2/c1-10(2)6-11(3,9-13)8-12(7-10)14-4-5-15-12/h4-9,13H2,1-3H3/t11-/m1/s1. The molecule has 0 radical (unpaired) electrons. The van der Waals surface area contributed by atoms with Crippen LogP contribution in [0.5, 0.6) is 0 Å². The van der Waals surface area contributed by atoms with Crippen LogP contribution in [0.25, 0.3) is 0 Å². The first kappa shape index (κ1) is 11.4. The molecule has 3 nitrogen and oxygen atoms in total. The van der Waals surface area contributed by atoms with E-state index in [1.54, 1.807) is 0 Å². The van der Waals surface area contributed by atoms with Gasteiger partial charge in [0.15, 0.2) is 5.79 Å². The van der Waals surface area contributed by atoms with Gasteiger partial charge in [-0.25, -0.2) is 0 Å². The van der Waals surface area contributed by atoms with Gasteiger partial charge in [-0.1, -0.05) is 20.8 Å². The van der Waals surface area contributed by atoms with Gasteiger partial charge in [0, 0.05) is 12.8 Å². The van der Waals surface area contributed by atoms with Crippen molar-refractivity contribution in [2.45, 2.75) is 45.8 Å². The van der Waals surface area contributed by atoms with Crippen LogP contribution >= 0.6 is 0 Å². The van der Waals surface area contributed by atoms with Crippen LogP contribution in [0.3, 0.4) is 0 Å². The predicted octanol–water partition coefficient (Wildman–Crippen LogP) is 1.90. The van der Waals surface area contributed by atoms with Gasteiger partial charge in [-0.05, 0) is 23.8 Å². The summed E-state index contributed by atoms with van der Waals surface area (Å²) in [7, 11) is 0. The summed E-state index contributed by atoms with van der Waals surface area (Å²) in [5.74, 6) is -0.337. The molecule has 1 atom stereocenters. The molecule has 2 aliphatic rings. The maximum absolute atomic E-state index is 5.90. The van der Waals surface area contributed by atoms with Crippen molar-refractivity contribution in [2.24, 2.45) is 16.6 Å². The monoisotopic (exact) mass is 213 g/mol. The fourth-order valence-corrected chi connectivity index (χ4v) is 3.57. The Bertz CT molecular complexity index is 246. The van der Waals surface area contributed by atoms with Crippen molar-refractivity contribution in [3.63, 3.8) is 0 Å². The largest absolute Gasteiger partial charge is 0.347 e. The Labute approximate surface area is 92.3 Å². The molecule has 0 bridgehead atoms. The Morgan fingerprint density at radius 3 is 2.13 bits per heavy atom. The summed E-state index contributed by atoms with van der Waals surface area (Å²) < 4.78 is 11.7. The van der Waals surface area contributed by atoms with E-state index in [2.05, 4.69) is 20.8 Å². The second kappa shape index (κ2) is 3.44. The van der Waals surface area contributed by atoms with Gasteiger partial charge in [-0.2, -0.15) is 0 Å². The lowest BCUT2D eigenvalue weighted by Crippen LogP contribution is -2.50. The highest BCUT2D eigenvalue weighted by Gasteiger charge is 2.52. The Kier molecular flexibility index (Phi) is 2.61. The summed E-state index contributed by atoms with van der Waals surface area (Å²) in [6, 6.07) is 0. The minimum Gasteiger partial charge on any atom is -0.347 e. The first-order chi connectivity index (χ1) is 6.89. The average Bonchev–Trinajstić information content (AvgIpc) is 2.49. The lowest BCUT2D eigenvalue weighted by atomic mass is 9.62. The SMILES string of the molecule is CC1(C)CC2(C[C@](C)(CN)C1)OCCO2. The minimum atomic E-state index is -0.337. The Morgan fingerprint density at radius 2 is 1.60 bits per heavy atom. The van der Waals surface area contributed by atoms with Gasteiger partial charge < -0.3 is 15.2 Å². The van der Waals surface area contributed by atoms with E-state index >= 15 is 0 Å². The lowest BCUT2D eigenvalue weighted by Gasteiger charge is -2.50. The molecular formula is C12H23NO2. The fourth-order valence-electron chi connectivity index (χ4n) is 3.57. The number of rotatable bonds is 1. The molecular weight excluding hydrogens is 190 g/mol. The molecule has 2 rings (SSSR count). The van der Waals surface area contributed by atoms with E-state index in [9.17, 15) is 0 Å². The number of hydrogen-bond donors (Lipinski definition) is 1. The maximum Gasteiger partial charge on any atom is 0.169 e. The highest BCUT2D eigenvalue weighted by Crippen LogP contribution is 2.52. The average molecular weight is 213 g/mol. The second-order valence-electron chi connectivity index (χ2n) is 6.32. The molecule has 2 N–H and O–H groups in total. The van der Waals surface area contributed by atoms with E-state index in [-0.39, 0.29) is 16.6 Å². The molecule has 1 heterocycles. The highest BCUT2D eigenvalue weighted by atomic mass is 16.7. The molecule has 1 aliphatic heterocycles. The molecule has 88 valence electrons. The Balaban J connectivity index is 2.21. The summed E-state index contributed by atoms with van der Waals surface area (Å²) in [6.45, 7) is 9.00. The van der Waals surface area contributed by atoms with Crippen LogP contribution in [0.2, 0.25) is 0 Å². The van der Waals surface area contributed by atoms with Crippen molar-refractivity contribution >= 4 is 0 Å². The van der Waals surface area contributed by atoms with E-state index in [4.69, 9.17) is 15.2 Å². The van der Waals surface area contributed by atoms with Gasteiger partial charge in [0.05, 0.1) is 13.2 Å². The van der Waals surface area contributed by atoms with Crippen LogP contribution < -0.4 is 5.73 Å². The number of ether oxygens (including phenoxy) is 2. The first-order valence-corrected chi connectivity index (χ1v) is 5.87. The van der Waals surface area contributed by atoms with E-state index in [0.717, 1.165) is 32.5 Å². The van der Waals surface area contributed by atoms with Crippen molar-refractivity contribution in [3.8, 4) is 0 Å². The molecule has 0 aromatic heterocycles. The zero-order valence-electron chi connectivity index (χ0n) is 10.1. The predicted molar refractivity (Wildman–Crippen MR) is 59.4 cm³/mol. The summed E-state index contributed by atoms with van der Waals surface area (Å²) >= 11 is 0. The Hall–Kier alpha value is -0.120. The summed E-state index contributed by atoms with van der Waals surface area (Å²) in [5.41, 5.74) is 6.32. The first-order valence-electron chi connectivity index (χ1n) is 5.87. The van der Waals surface area contributed by atoms with Crippen molar-refractivity contribution < 1.29 is 9.47 Å². The van der Waals surface area contributed by atoms with Gasteiger partial charge in [0.1, 0.15) is 0 Å². The van der Waals surface area contributed by atoms with E-state index in [1.165, 1.54) is 0 Å². The third kappa shape index (κ3) is 2.19. The third-order valence-corrected chi connectivity index (χ3v) is 3.66. The van der Waals surface area contributed by atoms with Gasteiger partial charge in [-0.3, -0.25) is 0 Å². The van der Waals surface area contributed by atoms with Crippen molar-refractivity contribution in [1.82, 2.24) is 0 Å². The van der Waals surface area contributed by atoms with E-state index < -0.39 is 0 Å². The van der Waals surface area contributed by atoms with Crippen LogP contribution in [0, 0.1) is 10.8 Å². The Morgan fingerprint density at radius 1 is 1.00 bits per heavy atom. The van der Waals surface area contributed by atoms with Gasteiger partial charge in [-0.15, -0.1) is 0 Å². The third-order valence-electron chi connectivity index (χ3n) is 3.66.